The molecular weight excluding hydrogens is 390 g/mol. The number of anilines is 1. The van der Waals surface area contributed by atoms with Crippen LogP contribution in [0.5, 0.6) is 0 Å². The van der Waals surface area contributed by atoms with Gasteiger partial charge in [-0.3, -0.25) is 9.69 Å². The Hall–Kier alpha value is -2.86. The molecule has 3 rings (SSSR count). The van der Waals surface area contributed by atoms with Gasteiger partial charge in [-0.25, -0.2) is 4.79 Å². The van der Waals surface area contributed by atoms with Gasteiger partial charge < -0.3 is 14.9 Å². The summed E-state index contributed by atoms with van der Waals surface area (Å²) in [6.45, 7) is 8.21. The molecule has 1 aliphatic heterocycles. The molecule has 6 heteroatoms. The minimum atomic E-state index is -0.937. The predicted molar refractivity (Wildman–Crippen MR) is 124 cm³/mol. The lowest BCUT2D eigenvalue weighted by atomic mass is 9.87. The molecule has 1 N–H and O–H groups in total. The van der Waals surface area contributed by atoms with E-state index in [2.05, 4.69) is 35.2 Å². The largest absolute Gasteiger partial charge is 0.465 e. The van der Waals surface area contributed by atoms with E-state index in [9.17, 15) is 14.7 Å². The van der Waals surface area contributed by atoms with Gasteiger partial charge in [0.25, 0.3) is 0 Å². The minimum Gasteiger partial charge on any atom is -0.465 e. The summed E-state index contributed by atoms with van der Waals surface area (Å²) < 4.78 is 0. The van der Waals surface area contributed by atoms with Crippen LogP contribution in [0.3, 0.4) is 0 Å². The van der Waals surface area contributed by atoms with Gasteiger partial charge in [0.2, 0.25) is 5.91 Å². The number of hydrogen-bond acceptors (Lipinski definition) is 3. The molecule has 31 heavy (non-hydrogen) atoms. The molecule has 0 spiro atoms. The van der Waals surface area contributed by atoms with Crippen LogP contribution in [0.25, 0.3) is 11.1 Å². The fourth-order valence-electron chi connectivity index (χ4n) is 4.64. The molecule has 2 atom stereocenters. The van der Waals surface area contributed by atoms with Gasteiger partial charge >= 0.3 is 6.09 Å². The zero-order chi connectivity index (χ0) is 22.9. The summed E-state index contributed by atoms with van der Waals surface area (Å²) in [5.41, 5.74) is 5.02. The molecule has 166 valence electrons. The van der Waals surface area contributed by atoms with Crippen LogP contribution in [0.15, 0.2) is 42.5 Å². The number of fused-ring (bicyclic) bond motifs is 1. The van der Waals surface area contributed by atoms with Crippen molar-refractivity contribution >= 4 is 17.7 Å². The number of carboxylic acid groups (broad SMARTS) is 1. The third kappa shape index (κ3) is 4.74. The number of benzene rings is 2. The molecule has 0 aliphatic carbocycles. The SMILES string of the molecule is CC(=O)N1c2ccc(-c3ccc(CN(C)C)cc3)cc2[C@H](N(C(=O)O)C(C)C)C[C@@H]1C. The monoisotopic (exact) mass is 423 g/mol. The van der Waals surface area contributed by atoms with E-state index < -0.39 is 6.09 Å². The topological polar surface area (TPSA) is 64.1 Å². The molecule has 6 nitrogen and oxygen atoms in total. The lowest BCUT2D eigenvalue weighted by Gasteiger charge is -2.43. The Labute approximate surface area is 185 Å². The highest BCUT2D eigenvalue weighted by atomic mass is 16.4. The molecular formula is C25H33N3O3. The van der Waals surface area contributed by atoms with E-state index >= 15 is 0 Å². The standard InChI is InChI=1S/C25H33N3O3/c1-16(2)27(25(30)31)24-13-17(3)28(18(4)29)23-12-11-21(14-22(23)24)20-9-7-19(8-10-20)15-26(5)6/h7-12,14,16-17,24H,13,15H2,1-6H3,(H,30,31)/t17-,24+/m0/s1. The quantitative estimate of drug-likeness (QED) is 0.736. The first-order valence-electron chi connectivity index (χ1n) is 10.8. The summed E-state index contributed by atoms with van der Waals surface area (Å²) >= 11 is 0. The summed E-state index contributed by atoms with van der Waals surface area (Å²) in [4.78, 5) is 29.9. The van der Waals surface area contributed by atoms with Crippen LogP contribution in [-0.2, 0) is 11.3 Å². The maximum absolute atomic E-state index is 12.4. The smallest absolute Gasteiger partial charge is 0.408 e. The maximum Gasteiger partial charge on any atom is 0.408 e. The Kier molecular flexibility index (Phi) is 6.70. The third-order valence-electron chi connectivity index (χ3n) is 5.89. The van der Waals surface area contributed by atoms with Gasteiger partial charge in [0.15, 0.2) is 0 Å². The van der Waals surface area contributed by atoms with Crippen molar-refractivity contribution in [2.45, 2.75) is 58.8 Å². The van der Waals surface area contributed by atoms with E-state index in [-0.39, 0.29) is 24.0 Å². The number of amides is 2. The van der Waals surface area contributed by atoms with Gasteiger partial charge in [0.05, 0.1) is 6.04 Å². The normalized spacial score (nSPS) is 18.3. The molecule has 2 aromatic carbocycles. The molecule has 2 aromatic rings. The van der Waals surface area contributed by atoms with Crippen molar-refractivity contribution in [1.82, 2.24) is 9.80 Å². The number of nitrogens with zero attached hydrogens (tertiary/aromatic N) is 3. The first kappa shape index (κ1) is 22.8. The van der Waals surface area contributed by atoms with Crippen molar-refractivity contribution in [2.24, 2.45) is 0 Å². The number of hydrogen-bond donors (Lipinski definition) is 1. The summed E-state index contributed by atoms with van der Waals surface area (Å²) in [6, 6.07) is 13.9. The highest BCUT2D eigenvalue weighted by Gasteiger charge is 2.38. The molecule has 2 amide bonds. The molecule has 0 saturated carbocycles. The summed E-state index contributed by atoms with van der Waals surface area (Å²) in [7, 11) is 4.09. The summed E-state index contributed by atoms with van der Waals surface area (Å²) in [5, 5.41) is 9.91. The molecule has 0 bridgehead atoms. The lowest BCUT2D eigenvalue weighted by Crippen LogP contribution is -2.48. The van der Waals surface area contributed by atoms with Crippen LogP contribution in [0.1, 0.15) is 51.3 Å². The van der Waals surface area contributed by atoms with E-state index in [1.54, 1.807) is 11.8 Å². The Morgan fingerprint density at radius 1 is 1.10 bits per heavy atom. The van der Waals surface area contributed by atoms with E-state index in [0.29, 0.717) is 6.42 Å². The predicted octanol–water partition coefficient (Wildman–Crippen LogP) is 4.99. The second-order valence-electron chi connectivity index (χ2n) is 8.98. The lowest BCUT2D eigenvalue weighted by molar-refractivity contribution is -0.117. The van der Waals surface area contributed by atoms with Gasteiger partial charge in [0, 0.05) is 31.2 Å². The van der Waals surface area contributed by atoms with E-state index in [4.69, 9.17) is 0 Å². The first-order chi connectivity index (χ1) is 14.6. The van der Waals surface area contributed by atoms with Crippen molar-refractivity contribution in [1.29, 1.82) is 0 Å². The van der Waals surface area contributed by atoms with Crippen molar-refractivity contribution in [3.63, 3.8) is 0 Å². The van der Waals surface area contributed by atoms with E-state index in [1.807, 2.05) is 47.0 Å². The Morgan fingerprint density at radius 3 is 2.23 bits per heavy atom. The van der Waals surface area contributed by atoms with Crippen molar-refractivity contribution in [3.05, 3.63) is 53.6 Å². The van der Waals surface area contributed by atoms with Crippen molar-refractivity contribution in [3.8, 4) is 11.1 Å². The van der Waals surface area contributed by atoms with Gasteiger partial charge in [-0.15, -0.1) is 0 Å². The van der Waals surface area contributed by atoms with Crippen LogP contribution in [-0.4, -0.2) is 53.1 Å². The first-order valence-corrected chi connectivity index (χ1v) is 10.8. The Balaban J connectivity index is 2.09. The average Bonchev–Trinajstić information content (AvgIpc) is 2.67. The van der Waals surface area contributed by atoms with Crippen molar-refractivity contribution < 1.29 is 14.7 Å². The fraction of sp³-hybridized carbons (Fsp3) is 0.440. The second-order valence-corrected chi connectivity index (χ2v) is 8.98. The minimum absolute atomic E-state index is 0.0283. The van der Waals surface area contributed by atoms with E-state index in [0.717, 1.165) is 28.9 Å². The summed E-state index contributed by atoms with van der Waals surface area (Å²) in [6.07, 6.45) is -0.365. The molecule has 0 saturated heterocycles. The van der Waals surface area contributed by atoms with Crippen LogP contribution < -0.4 is 4.90 Å². The number of carbonyl (C=O) groups excluding carboxylic acids is 1. The zero-order valence-electron chi connectivity index (χ0n) is 19.3. The van der Waals surface area contributed by atoms with E-state index in [1.165, 1.54) is 10.5 Å². The molecule has 1 heterocycles. The van der Waals surface area contributed by atoms with Gasteiger partial charge in [0.1, 0.15) is 0 Å². The van der Waals surface area contributed by atoms with Crippen LogP contribution in [0, 0.1) is 0 Å². The molecule has 0 radical (unpaired) electrons. The van der Waals surface area contributed by atoms with Crippen molar-refractivity contribution in [2.75, 3.05) is 19.0 Å². The van der Waals surface area contributed by atoms with Crippen LogP contribution in [0.2, 0.25) is 0 Å². The molecule has 0 aromatic heterocycles. The number of rotatable bonds is 5. The average molecular weight is 424 g/mol. The molecule has 0 unspecified atom stereocenters. The number of carbonyl (C=O) groups is 2. The van der Waals surface area contributed by atoms with Gasteiger partial charge in [-0.05, 0) is 75.7 Å². The zero-order valence-corrected chi connectivity index (χ0v) is 19.3. The van der Waals surface area contributed by atoms with Crippen LogP contribution >= 0.6 is 0 Å². The highest BCUT2D eigenvalue weighted by Crippen LogP contribution is 2.43. The molecule has 0 fully saturated rings. The Bertz CT molecular complexity index is 953. The molecule has 1 aliphatic rings. The third-order valence-corrected chi connectivity index (χ3v) is 5.89. The van der Waals surface area contributed by atoms with Gasteiger partial charge in [-0.2, -0.15) is 0 Å². The fourth-order valence-corrected chi connectivity index (χ4v) is 4.64. The van der Waals surface area contributed by atoms with Crippen LogP contribution in [0.4, 0.5) is 10.5 Å². The Morgan fingerprint density at radius 2 is 1.71 bits per heavy atom. The maximum atomic E-state index is 12.4. The highest BCUT2D eigenvalue weighted by molar-refractivity contribution is 5.94. The second kappa shape index (κ2) is 9.10. The van der Waals surface area contributed by atoms with Gasteiger partial charge in [-0.1, -0.05) is 30.3 Å². The summed E-state index contributed by atoms with van der Waals surface area (Å²) in [5.74, 6) is -0.0283.